The normalized spacial score (nSPS) is 15.0. The topological polar surface area (TPSA) is 69.9 Å². The molecule has 0 amide bonds. The predicted molar refractivity (Wildman–Crippen MR) is 169 cm³/mol. The monoisotopic (exact) mass is 780 g/mol. The molecule has 1 aliphatic heterocycles. The van der Waals surface area contributed by atoms with Gasteiger partial charge in [-0.2, -0.15) is 0 Å². The van der Waals surface area contributed by atoms with E-state index < -0.39 is 12.0 Å². The number of thiazole rings is 1. The number of carbonyl (C=O) groups is 1. The highest BCUT2D eigenvalue weighted by molar-refractivity contribution is 14.1. The summed E-state index contributed by atoms with van der Waals surface area (Å²) in [4.78, 5) is 32.0. The SMILES string of the molecule is CCC1=C(C(=O)OC)[C@H](c2ccccc2)n2c(s/c(=C\c3cc(I)c(OCc4ccc(F)cc4)c(I)c3)c2=O)=N1. The van der Waals surface area contributed by atoms with E-state index in [4.69, 9.17) is 14.5 Å². The summed E-state index contributed by atoms with van der Waals surface area (Å²) in [5.41, 5.74) is 3.28. The fourth-order valence-corrected chi connectivity index (χ4v) is 7.65. The van der Waals surface area contributed by atoms with Crippen molar-refractivity contribution in [2.24, 2.45) is 4.99 Å². The summed E-state index contributed by atoms with van der Waals surface area (Å²) in [6.07, 6.45) is 2.36. The van der Waals surface area contributed by atoms with Gasteiger partial charge in [-0.15, -0.1) is 0 Å². The minimum Gasteiger partial charge on any atom is -0.487 e. The number of fused-ring (bicyclic) bond motifs is 1. The molecule has 10 heteroatoms. The third-order valence-electron chi connectivity index (χ3n) is 6.38. The van der Waals surface area contributed by atoms with Crippen LogP contribution in [0.25, 0.3) is 6.08 Å². The zero-order valence-corrected chi connectivity index (χ0v) is 26.6. The zero-order valence-electron chi connectivity index (χ0n) is 21.5. The Labute approximate surface area is 261 Å². The number of aromatic nitrogens is 1. The van der Waals surface area contributed by atoms with Crippen LogP contribution in [0.3, 0.4) is 0 Å². The molecule has 0 radical (unpaired) electrons. The maximum Gasteiger partial charge on any atom is 0.338 e. The number of methoxy groups -OCH3 is 1. The number of allylic oxidation sites excluding steroid dienone is 1. The van der Waals surface area contributed by atoms with Crippen molar-refractivity contribution >= 4 is 68.6 Å². The summed E-state index contributed by atoms with van der Waals surface area (Å²) in [6, 6.07) is 18.9. The fraction of sp³-hybridized carbons (Fsp3) is 0.167. The highest BCUT2D eigenvalue weighted by Gasteiger charge is 2.33. The number of hydrogen-bond acceptors (Lipinski definition) is 6. The lowest BCUT2D eigenvalue weighted by Crippen LogP contribution is -2.40. The van der Waals surface area contributed by atoms with E-state index in [-0.39, 0.29) is 11.4 Å². The maximum atomic E-state index is 13.8. The van der Waals surface area contributed by atoms with Gasteiger partial charge in [0.15, 0.2) is 4.80 Å². The maximum absolute atomic E-state index is 13.8. The smallest absolute Gasteiger partial charge is 0.338 e. The molecule has 0 aliphatic carbocycles. The molecule has 4 aromatic rings. The van der Waals surface area contributed by atoms with Crippen molar-refractivity contribution in [1.29, 1.82) is 0 Å². The third kappa shape index (κ3) is 5.79. The summed E-state index contributed by atoms with van der Waals surface area (Å²) in [6.45, 7) is 2.24. The van der Waals surface area contributed by atoms with Gasteiger partial charge >= 0.3 is 5.97 Å². The first-order chi connectivity index (χ1) is 19.3. The van der Waals surface area contributed by atoms with Crippen LogP contribution < -0.4 is 19.6 Å². The van der Waals surface area contributed by atoms with Gasteiger partial charge in [0, 0.05) is 0 Å². The van der Waals surface area contributed by atoms with Crippen LogP contribution in [0.1, 0.15) is 36.1 Å². The van der Waals surface area contributed by atoms with E-state index in [0.717, 1.165) is 29.6 Å². The molecule has 0 N–H and O–H groups in total. The van der Waals surface area contributed by atoms with E-state index in [0.29, 0.717) is 33.6 Å². The molecule has 0 saturated carbocycles. The first-order valence-corrected chi connectivity index (χ1v) is 15.3. The molecule has 2 heterocycles. The lowest BCUT2D eigenvalue weighted by molar-refractivity contribution is -0.136. The van der Waals surface area contributed by atoms with E-state index in [2.05, 4.69) is 45.2 Å². The van der Waals surface area contributed by atoms with Crippen LogP contribution in [0, 0.1) is 13.0 Å². The largest absolute Gasteiger partial charge is 0.487 e. The molecule has 1 aromatic heterocycles. The van der Waals surface area contributed by atoms with E-state index in [1.54, 1.807) is 16.7 Å². The number of carbonyl (C=O) groups excluding carboxylic acids is 1. The molecule has 5 rings (SSSR count). The number of hydrogen-bond donors (Lipinski definition) is 0. The van der Waals surface area contributed by atoms with Crippen molar-refractivity contribution in [2.45, 2.75) is 26.0 Å². The Balaban J connectivity index is 1.56. The van der Waals surface area contributed by atoms with Crippen LogP contribution in [0.2, 0.25) is 0 Å². The molecule has 0 unspecified atom stereocenters. The minimum absolute atomic E-state index is 0.226. The number of nitrogens with zero attached hydrogens (tertiary/aromatic N) is 2. The molecule has 3 aromatic carbocycles. The van der Waals surface area contributed by atoms with Crippen molar-refractivity contribution in [3.05, 3.63) is 127 Å². The molecule has 40 heavy (non-hydrogen) atoms. The highest BCUT2D eigenvalue weighted by atomic mass is 127. The van der Waals surface area contributed by atoms with Crippen LogP contribution in [0.15, 0.2) is 87.8 Å². The van der Waals surface area contributed by atoms with Gasteiger partial charge in [-0.25, -0.2) is 14.2 Å². The average Bonchev–Trinajstić information content (AvgIpc) is 3.26. The van der Waals surface area contributed by atoms with Gasteiger partial charge in [0.1, 0.15) is 18.2 Å². The Kier molecular flexibility index (Phi) is 8.86. The summed E-state index contributed by atoms with van der Waals surface area (Å²) in [7, 11) is 1.34. The Morgan fingerprint density at radius 1 is 1.10 bits per heavy atom. The molecule has 0 saturated heterocycles. The van der Waals surface area contributed by atoms with Gasteiger partial charge in [0.25, 0.3) is 5.56 Å². The van der Waals surface area contributed by atoms with Gasteiger partial charge in [-0.3, -0.25) is 9.36 Å². The standard InChI is InChI=1S/C30H23FI2N2O4S/c1-3-23-25(29(37)38-2)26(19-7-5-4-6-8-19)35-28(36)24(40-30(35)34-23)15-18-13-21(32)27(22(33)14-18)39-16-17-9-11-20(31)12-10-17/h4-15,26H,3,16H2,1-2H3/b24-15-/t26-/m0/s1. The van der Waals surface area contributed by atoms with Gasteiger partial charge in [-0.05, 0) is 98.6 Å². The van der Waals surface area contributed by atoms with Crippen LogP contribution in [0.5, 0.6) is 5.75 Å². The molecule has 0 spiro atoms. The molecule has 0 bridgehead atoms. The highest BCUT2D eigenvalue weighted by Crippen LogP contribution is 2.32. The molecular weight excluding hydrogens is 757 g/mol. The Morgan fingerprint density at radius 3 is 2.40 bits per heavy atom. The molecular formula is C30H23FI2N2O4S. The van der Waals surface area contributed by atoms with E-state index in [9.17, 15) is 14.0 Å². The second-order valence-electron chi connectivity index (χ2n) is 8.93. The summed E-state index contributed by atoms with van der Waals surface area (Å²) in [5, 5.41) is 0. The van der Waals surface area contributed by atoms with Gasteiger partial charge < -0.3 is 9.47 Å². The van der Waals surface area contributed by atoms with E-state index >= 15 is 0 Å². The van der Waals surface area contributed by atoms with Crippen LogP contribution in [0.4, 0.5) is 4.39 Å². The number of benzene rings is 3. The third-order valence-corrected chi connectivity index (χ3v) is 8.97. The Hall–Kier alpha value is -2.84. The molecule has 1 aliphatic rings. The van der Waals surface area contributed by atoms with Crippen LogP contribution >= 0.6 is 56.5 Å². The lowest BCUT2D eigenvalue weighted by Gasteiger charge is -2.25. The molecule has 0 fully saturated rings. The predicted octanol–water partition coefficient (Wildman–Crippen LogP) is 5.73. The van der Waals surface area contributed by atoms with E-state index in [1.165, 1.54) is 30.6 Å². The Morgan fingerprint density at radius 2 is 1.77 bits per heavy atom. The van der Waals surface area contributed by atoms with Crippen molar-refractivity contribution in [3.63, 3.8) is 0 Å². The Bertz CT molecular complexity index is 1780. The number of rotatable bonds is 7. The summed E-state index contributed by atoms with van der Waals surface area (Å²) >= 11 is 5.72. The van der Waals surface area contributed by atoms with E-state index in [1.807, 2.05) is 55.5 Å². The first-order valence-electron chi connectivity index (χ1n) is 12.3. The van der Waals surface area contributed by atoms with Crippen molar-refractivity contribution in [2.75, 3.05) is 7.11 Å². The summed E-state index contributed by atoms with van der Waals surface area (Å²) < 4.78 is 28.2. The summed E-state index contributed by atoms with van der Waals surface area (Å²) in [5.74, 6) is -0.0577. The van der Waals surface area contributed by atoms with Crippen molar-refractivity contribution in [1.82, 2.24) is 4.57 Å². The number of halogens is 3. The van der Waals surface area contributed by atoms with Gasteiger partial charge in [0.2, 0.25) is 0 Å². The molecule has 1 atom stereocenters. The average molecular weight is 780 g/mol. The first kappa shape index (κ1) is 28.7. The quantitative estimate of drug-likeness (QED) is 0.178. The minimum atomic E-state index is -0.635. The number of ether oxygens (including phenoxy) is 2. The number of esters is 1. The second-order valence-corrected chi connectivity index (χ2v) is 12.3. The zero-order chi connectivity index (χ0) is 28.4. The molecule has 6 nitrogen and oxygen atoms in total. The lowest BCUT2D eigenvalue weighted by atomic mass is 9.95. The van der Waals surface area contributed by atoms with Gasteiger partial charge in [-0.1, -0.05) is 60.7 Å². The van der Waals surface area contributed by atoms with Crippen LogP contribution in [-0.4, -0.2) is 17.6 Å². The van der Waals surface area contributed by atoms with Crippen molar-refractivity contribution < 1.29 is 18.7 Å². The second kappa shape index (κ2) is 12.4. The van der Waals surface area contributed by atoms with Crippen molar-refractivity contribution in [3.8, 4) is 5.75 Å². The molecule has 204 valence electrons. The van der Waals surface area contributed by atoms with Gasteiger partial charge in [0.05, 0.1) is 36.1 Å². The fourth-order valence-electron chi connectivity index (χ4n) is 4.50. The van der Waals surface area contributed by atoms with Crippen LogP contribution in [-0.2, 0) is 16.1 Å².